The van der Waals surface area contributed by atoms with Gasteiger partial charge < -0.3 is 29.3 Å². The fourth-order valence-electron chi connectivity index (χ4n) is 7.72. The third-order valence-corrected chi connectivity index (χ3v) is 10.6. The average Bonchev–Trinajstić information content (AvgIpc) is 3.88. The number of carboxylic acid groups (broad SMARTS) is 2. The zero-order chi connectivity index (χ0) is 43.6. The van der Waals surface area contributed by atoms with Gasteiger partial charge in [0.2, 0.25) is 0 Å². The molecule has 24 heteroatoms. The number of aromatic amines is 1. The summed E-state index contributed by atoms with van der Waals surface area (Å²) in [5, 5.41) is 22.9. The van der Waals surface area contributed by atoms with E-state index in [1.54, 1.807) is 18.5 Å². The highest BCUT2D eigenvalue weighted by Gasteiger charge is 2.49. The molecule has 3 fully saturated rings. The van der Waals surface area contributed by atoms with Gasteiger partial charge in [-0.15, -0.1) is 0 Å². The van der Waals surface area contributed by atoms with Crippen molar-refractivity contribution in [2.75, 3.05) is 50.9 Å². The van der Waals surface area contributed by atoms with Crippen molar-refractivity contribution in [3.63, 3.8) is 0 Å². The molecule has 0 spiro atoms. The number of hydrogen-bond donors (Lipinski definition) is 3. The standard InChI is InChI=1S/C32H34ClF2N7O4.2C2HF3O2/c33-23-10-24-21(13-37-40-24)26-20(23)5-2-9-44-16-25(43)46-19-4-1-7-41(15-19)30-22-12-36-29(26)27(35)28(22)38-31(39-30)45-17-32-6-3-8-42(32)14-18(34)11-32;2*3-2(4,5)1(6)7/h10,12-13,18-19H,1-9,11,14-17H2,(H,37,40);2*(H,6,7)/t18-,19-,32+;;/m1../s1. The number of hydrogen-bond acceptors (Lipinski definition) is 12. The fraction of sp³-hybridized carbons (Fsp3) is 0.528. The van der Waals surface area contributed by atoms with E-state index in [4.69, 9.17) is 50.6 Å². The number of aromatic nitrogens is 5. The first kappa shape index (κ1) is 44.4. The number of anilines is 1. The number of esters is 1. The monoisotopic (exact) mass is 881 g/mol. The summed E-state index contributed by atoms with van der Waals surface area (Å²) in [5.74, 6) is -6.15. The second kappa shape index (κ2) is 17.8. The van der Waals surface area contributed by atoms with Crippen LogP contribution in [0.3, 0.4) is 0 Å². The van der Waals surface area contributed by atoms with Gasteiger partial charge in [-0.3, -0.25) is 15.0 Å². The SMILES string of the molecule is O=C(O)C(F)(F)F.O=C(O)C(F)(F)F.O=C1COCCCc2c(Cl)cc3[nH]ncc3c2-c2ncc3c(nc(OC[C@@]45CCCN4C[C@H](F)C5)nc3c2F)N2CCC[C@H](C2)O1. The van der Waals surface area contributed by atoms with Gasteiger partial charge in [0.05, 0.1) is 29.2 Å². The van der Waals surface area contributed by atoms with Crippen LogP contribution in [0.1, 0.15) is 44.1 Å². The van der Waals surface area contributed by atoms with Gasteiger partial charge in [0.25, 0.3) is 0 Å². The number of carbonyl (C=O) groups excluding carboxylic acids is 1. The molecule has 0 saturated carbocycles. The summed E-state index contributed by atoms with van der Waals surface area (Å²) in [6, 6.07) is 1.77. The molecule has 3 saturated heterocycles. The Balaban J connectivity index is 0.000000373. The first-order valence-electron chi connectivity index (χ1n) is 18.4. The van der Waals surface area contributed by atoms with Crippen LogP contribution in [0.5, 0.6) is 6.01 Å². The predicted octanol–water partition coefficient (Wildman–Crippen LogP) is 6.06. The summed E-state index contributed by atoms with van der Waals surface area (Å²) in [6.45, 7) is 2.49. The van der Waals surface area contributed by atoms with Crippen LogP contribution in [0.2, 0.25) is 5.02 Å². The third-order valence-electron chi connectivity index (χ3n) is 10.3. The van der Waals surface area contributed by atoms with Crippen molar-refractivity contribution in [3.8, 4) is 17.3 Å². The van der Waals surface area contributed by atoms with Crippen LogP contribution in [-0.2, 0) is 30.3 Å². The number of nitrogens with zero attached hydrogens (tertiary/aromatic N) is 6. The minimum Gasteiger partial charge on any atom is -0.475 e. The molecule has 8 heterocycles. The Morgan fingerprint density at radius 1 is 1.02 bits per heavy atom. The largest absolute Gasteiger partial charge is 0.490 e. The van der Waals surface area contributed by atoms with Crippen LogP contribution in [0.25, 0.3) is 33.1 Å². The van der Waals surface area contributed by atoms with Crippen LogP contribution < -0.4 is 9.64 Å². The van der Waals surface area contributed by atoms with Crippen molar-refractivity contribution < 1.29 is 73.9 Å². The second-order valence-electron chi connectivity index (χ2n) is 14.4. The van der Waals surface area contributed by atoms with Crippen molar-refractivity contribution in [1.29, 1.82) is 0 Å². The first-order chi connectivity index (χ1) is 28.3. The number of pyridine rings is 1. The Morgan fingerprint density at radius 3 is 2.43 bits per heavy atom. The highest BCUT2D eigenvalue weighted by molar-refractivity contribution is 6.33. The molecular formula is C36H36ClF8N7O8. The van der Waals surface area contributed by atoms with Gasteiger partial charge in [-0.25, -0.2) is 23.2 Å². The molecule has 9 rings (SSSR count). The zero-order valence-corrected chi connectivity index (χ0v) is 32.0. The molecule has 4 aromatic rings. The second-order valence-corrected chi connectivity index (χ2v) is 14.8. The van der Waals surface area contributed by atoms with Crippen molar-refractivity contribution >= 4 is 57.1 Å². The van der Waals surface area contributed by atoms with E-state index in [1.165, 1.54) is 0 Å². The number of rotatable bonds is 3. The Bertz CT molecular complexity index is 2220. The molecular weight excluding hydrogens is 846 g/mol. The maximum absolute atomic E-state index is 17.0. The van der Waals surface area contributed by atoms with Crippen LogP contribution in [-0.4, -0.2) is 134 Å². The van der Waals surface area contributed by atoms with Gasteiger partial charge in [0.15, 0.2) is 5.82 Å². The topological polar surface area (TPSA) is 193 Å². The van der Waals surface area contributed by atoms with E-state index >= 15 is 4.39 Å². The van der Waals surface area contributed by atoms with Crippen molar-refractivity contribution in [1.82, 2.24) is 30.0 Å². The Labute approximate surface area is 338 Å². The lowest BCUT2D eigenvalue weighted by atomic mass is 9.95. The summed E-state index contributed by atoms with van der Waals surface area (Å²) in [6.07, 6.45) is -3.71. The van der Waals surface area contributed by atoms with Crippen molar-refractivity contribution in [2.24, 2.45) is 0 Å². The van der Waals surface area contributed by atoms with E-state index in [9.17, 15) is 35.5 Å². The van der Waals surface area contributed by atoms with Gasteiger partial charge in [-0.2, -0.15) is 41.4 Å². The van der Waals surface area contributed by atoms with E-state index < -0.39 is 53.9 Å². The van der Waals surface area contributed by atoms with Crippen LogP contribution in [0, 0.1) is 5.82 Å². The lowest BCUT2D eigenvalue weighted by Crippen LogP contribution is -2.43. The third kappa shape index (κ3) is 9.89. The molecule has 3 N–H and O–H groups in total. The Hall–Kier alpha value is -5.16. The minimum absolute atomic E-state index is 0.00675. The minimum atomic E-state index is -5.08. The number of benzene rings is 1. The van der Waals surface area contributed by atoms with Crippen LogP contribution >= 0.6 is 11.6 Å². The summed E-state index contributed by atoms with van der Waals surface area (Å²) < 4.78 is 113. The van der Waals surface area contributed by atoms with Crippen LogP contribution in [0.4, 0.5) is 40.9 Å². The van der Waals surface area contributed by atoms with E-state index in [0.29, 0.717) is 83.6 Å². The number of fused-ring (bicyclic) bond motifs is 9. The number of piperidine rings is 1. The number of H-pyrrole nitrogens is 1. The molecule has 15 nitrogen and oxygen atoms in total. The zero-order valence-electron chi connectivity index (χ0n) is 31.2. The maximum Gasteiger partial charge on any atom is 0.490 e. The Kier molecular flexibility index (Phi) is 13.2. The molecule has 326 valence electrons. The smallest absolute Gasteiger partial charge is 0.475 e. The highest BCUT2D eigenvalue weighted by atomic mass is 35.5. The first-order valence-corrected chi connectivity index (χ1v) is 18.8. The molecule has 1 aromatic carbocycles. The summed E-state index contributed by atoms with van der Waals surface area (Å²) in [4.78, 5) is 48.6. The highest BCUT2D eigenvalue weighted by Crippen LogP contribution is 2.42. The predicted molar refractivity (Wildman–Crippen MR) is 194 cm³/mol. The number of carbonyl (C=O) groups is 3. The molecule has 5 aliphatic rings. The number of ether oxygens (including phenoxy) is 3. The van der Waals surface area contributed by atoms with Gasteiger partial charge in [-0.1, -0.05) is 11.6 Å². The number of nitrogens with one attached hydrogen (secondary N) is 1. The van der Waals surface area contributed by atoms with E-state index in [2.05, 4.69) is 25.1 Å². The molecule has 0 unspecified atom stereocenters. The van der Waals surface area contributed by atoms with Crippen LogP contribution in [0.15, 0.2) is 18.5 Å². The molecule has 0 amide bonds. The van der Waals surface area contributed by atoms with Gasteiger partial charge in [0.1, 0.15) is 42.5 Å². The van der Waals surface area contributed by atoms with E-state index in [-0.39, 0.29) is 37.0 Å². The molecule has 0 radical (unpaired) electrons. The van der Waals surface area contributed by atoms with Crippen molar-refractivity contribution in [2.45, 2.75) is 75.1 Å². The molecule has 3 aromatic heterocycles. The van der Waals surface area contributed by atoms with Gasteiger partial charge in [0, 0.05) is 48.3 Å². The summed E-state index contributed by atoms with van der Waals surface area (Å²) >= 11 is 6.77. The summed E-state index contributed by atoms with van der Waals surface area (Å²) in [7, 11) is 0. The molecule has 60 heavy (non-hydrogen) atoms. The van der Waals surface area contributed by atoms with Gasteiger partial charge in [-0.05, 0) is 56.7 Å². The summed E-state index contributed by atoms with van der Waals surface area (Å²) in [5.41, 5.74) is 1.55. The number of alkyl halides is 7. The molecule has 5 aliphatic heterocycles. The lowest BCUT2D eigenvalue weighted by molar-refractivity contribution is -0.193. The van der Waals surface area contributed by atoms with Gasteiger partial charge >= 0.3 is 36.3 Å². The average molecular weight is 882 g/mol. The Morgan fingerprint density at radius 2 is 1.73 bits per heavy atom. The number of carboxylic acids is 2. The quantitative estimate of drug-likeness (QED) is 0.159. The lowest BCUT2D eigenvalue weighted by Gasteiger charge is -2.34. The maximum atomic E-state index is 17.0. The molecule has 3 atom stereocenters. The number of halogens is 9. The van der Waals surface area contributed by atoms with Crippen molar-refractivity contribution in [3.05, 3.63) is 34.9 Å². The van der Waals surface area contributed by atoms with E-state index in [1.807, 2.05) is 4.90 Å². The number of aliphatic carboxylic acids is 2. The fourth-order valence-corrected chi connectivity index (χ4v) is 8.02. The normalized spacial score (nSPS) is 22.3. The molecule has 0 aliphatic carbocycles. The molecule has 6 bridgehead atoms. The van der Waals surface area contributed by atoms with E-state index in [0.717, 1.165) is 25.8 Å².